The van der Waals surface area contributed by atoms with Gasteiger partial charge in [-0.15, -0.1) is 0 Å². The van der Waals surface area contributed by atoms with Crippen LogP contribution in [-0.2, 0) is 0 Å². The molecule has 0 saturated carbocycles. The summed E-state index contributed by atoms with van der Waals surface area (Å²) in [6.07, 6.45) is 0. The molecule has 0 aliphatic carbocycles. The van der Waals surface area contributed by atoms with Crippen LogP contribution < -0.4 is 20.9 Å². The first-order valence-electron chi connectivity index (χ1n) is 5.72. The first-order valence-corrected chi connectivity index (χ1v) is 6.51. The number of hydrogen-bond acceptors (Lipinski definition) is 4. The molecule has 4 N–H and O–H groups in total. The summed E-state index contributed by atoms with van der Waals surface area (Å²) in [5.41, 5.74) is 11.8. The average molecular weight is 337 g/mol. The summed E-state index contributed by atoms with van der Waals surface area (Å²) >= 11 is 3.37. The number of carbonyl (C=O) groups excluding carboxylic acids is 1. The van der Waals surface area contributed by atoms with Crippen LogP contribution >= 0.6 is 15.9 Å². The standard InChI is InChI=1S/C14H13BrN2O3/c1-19-9-3-5-12(11(15)7-9)20-13-6-8(16)2-4-10(13)14(17)18/h2-7H,16H2,1H3,(H2,17,18). The van der Waals surface area contributed by atoms with Gasteiger partial charge < -0.3 is 20.9 Å². The van der Waals surface area contributed by atoms with Crippen LogP contribution in [0.4, 0.5) is 5.69 Å². The number of halogens is 1. The number of carbonyl (C=O) groups is 1. The lowest BCUT2D eigenvalue weighted by Crippen LogP contribution is -2.12. The fourth-order valence-corrected chi connectivity index (χ4v) is 2.08. The summed E-state index contributed by atoms with van der Waals surface area (Å²) in [6.45, 7) is 0. The Kier molecular flexibility index (Phi) is 4.14. The van der Waals surface area contributed by atoms with Gasteiger partial charge in [-0.2, -0.15) is 0 Å². The van der Waals surface area contributed by atoms with Gasteiger partial charge in [0.05, 0.1) is 17.1 Å². The fourth-order valence-electron chi connectivity index (χ4n) is 1.64. The van der Waals surface area contributed by atoms with Crippen LogP contribution in [-0.4, -0.2) is 13.0 Å². The van der Waals surface area contributed by atoms with E-state index in [2.05, 4.69) is 15.9 Å². The van der Waals surface area contributed by atoms with Crippen molar-refractivity contribution in [2.45, 2.75) is 0 Å². The Morgan fingerprint density at radius 2 is 1.90 bits per heavy atom. The number of ether oxygens (including phenoxy) is 2. The van der Waals surface area contributed by atoms with Gasteiger partial charge in [-0.1, -0.05) is 0 Å². The van der Waals surface area contributed by atoms with Crippen LogP contribution in [0.2, 0.25) is 0 Å². The van der Waals surface area contributed by atoms with Crippen molar-refractivity contribution in [3.05, 3.63) is 46.4 Å². The topological polar surface area (TPSA) is 87.6 Å². The molecule has 5 nitrogen and oxygen atoms in total. The largest absolute Gasteiger partial charge is 0.497 e. The molecule has 1 amide bonds. The number of anilines is 1. The van der Waals surface area contributed by atoms with Crippen LogP contribution in [0.3, 0.4) is 0 Å². The lowest BCUT2D eigenvalue weighted by molar-refractivity contribution is 0.0998. The number of amides is 1. The van der Waals surface area contributed by atoms with E-state index in [-0.39, 0.29) is 5.56 Å². The predicted octanol–water partition coefficient (Wildman–Crippen LogP) is 2.93. The first-order chi connectivity index (χ1) is 9.51. The van der Waals surface area contributed by atoms with E-state index in [9.17, 15) is 4.79 Å². The maximum absolute atomic E-state index is 11.4. The van der Waals surface area contributed by atoms with E-state index in [1.54, 1.807) is 37.4 Å². The smallest absolute Gasteiger partial charge is 0.252 e. The highest BCUT2D eigenvalue weighted by molar-refractivity contribution is 9.10. The second kappa shape index (κ2) is 5.83. The van der Waals surface area contributed by atoms with E-state index in [1.165, 1.54) is 6.07 Å². The molecule has 104 valence electrons. The molecule has 0 heterocycles. The van der Waals surface area contributed by atoms with Crippen LogP contribution in [0.25, 0.3) is 0 Å². The molecule has 2 aromatic rings. The number of nitrogen functional groups attached to an aromatic ring is 1. The highest BCUT2D eigenvalue weighted by Gasteiger charge is 2.12. The lowest BCUT2D eigenvalue weighted by atomic mass is 10.1. The number of methoxy groups -OCH3 is 1. The third kappa shape index (κ3) is 3.03. The van der Waals surface area contributed by atoms with Crippen molar-refractivity contribution in [1.82, 2.24) is 0 Å². The molecule has 2 aromatic carbocycles. The summed E-state index contributed by atoms with van der Waals surface area (Å²) in [5, 5.41) is 0. The molecule has 0 saturated heterocycles. The molecule has 0 fully saturated rings. The van der Waals surface area contributed by atoms with E-state index in [0.29, 0.717) is 27.4 Å². The zero-order chi connectivity index (χ0) is 14.7. The Morgan fingerprint density at radius 3 is 2.50 bits per heavy atom. The van der Waals surface area contributed by atoms with E-state index in [1.807, 2.05) is 0 Å². The molecular weight excluding hydrogens is 324 g/mol. The SMILES string of the molecule is COc1ccc(Oc2cc(N)ccc2C(N)=O)c(Br)c1. The number of rotatable bonds is 4. The van der Waals surface area contributed by atoms with Crippen LogP contribution in [0.1, 0.15) is 10.4 Å². The Bertz CT molecular complexity index is 659. The van der Waals surface area contributed by atoms with Gasteiger partial charge in [-0.25, -0.2) is 0 Å². The summed E-state index contributed by atoms with van der Waals surface area (Å²) in [7, 11) is 1.57. The van der Waals surface area contributed by atoms with Gasteiger partial charge in [0.25, 0.3) is 5.91 Å². The molecule has 2 rings (SSSR count). The molecule has 0 atom stereocenters. The molecule has 0 aliphatic rings. The van der Waals surface area contributed by atoms with Crippen molar-refractivity contribution in [2.75, 3.05) is 12.8 Å². The average Bonchev–Trinajstić information content (AvgIpc) is 2.40. The second-order valence-corrected chi connectivity index (χ2v) is 4.87. The van der Waals surface area contributed by atoms with Gasteiger partial charge in [-0.3, -0.25) is 4.79 Å². The molecule has 6 heteroatoms. The van der Waals surface area contributed by atoms with Crippen molar-refractivity contribution in [1.29, 1.82) is 0 Å². The van der Waals surface area contributed by atoms with E-state index < -0.39 is 5.91 Å². The molecule has 0 spiro atoms. The third-order valence-electron chi connectivity index (χ3n) is 2.63. The number of hydrogen-bond donors (Lipinski definition) is 2. The number of benzene rings is 2. The minimum Gasteiger partial charge on any atom is -0.497 e. The fraction of sp³-hybridized carbons (Fsp3) is 0.0714. The number of nitrogens with two attached hydrogens (primary N) is 2. The molecule has 20 heavy (non-hydrogen) atoms. The molecule has 0 unspecified atom stereocenters. The van der Waals surface area contributed by atoms with Gasteiger partial charge in [0.1, 0.15) is 17.2 Å². The maximum atomic E-state index is 11.4. The minimum absolute atomic E-state index is 0.266. The normalized spacial score (nSPS) is 10.1. The quantitative estimate of drug-likeness (QED) is 0.840. The van der Waals surface area contributed by atoms with Gasteiger partial charge in [0.15, 0.2) is 0 Å². The summed E-state index contributed by atoms with van der Waals surface area (Å²) < 4.78 is 11.5. The first kappa shape index (κ1) is 14.2. The Morgan fingerprint density at radius 1 is 1.15 bits per heavy atom. The number of primary amides is 1. The Balaban J connectivity index is 2.39. The van der Waals surface area contributed by atoms with E-state index >= 15 is 0 Å². The molecule has 0 bridgehead atoms. The van der Waals surface area contributed by atoms with Gasteiger partial charge in [-0.05, 0) is 46.3 Å². The minimum atomic E-state index is -0.579. The monoisotopic (exact) mass is 336 g/mol. The zero-order valence-electron chi connectivity index (χ0n) is 10.7. The molecule has 0 aromatic heterocycles. The summed E-state index contributed by atoms with van der Waals surface area (Å²) in [6, 6.07) is 9.90. The van der Waals surface area contributed by atoms with Crippen LogP contribution in [0, 0.1) is 0 Å². The third-order valence-corrected chi connectivity index (χ3v) is 3.25. The van der Waals surface area contributed by atoms with Crippen LogP contribution in [0.15, 0.2) is 40.9 Å². The van der Waals surface area contributed by atoms with Gasteiger partial charge >= 0.3 is 0 Å². The highest BCUT2D eigenvalue weighted by atomic mass is 79.9. The molecule has 0 aliphatic heterocycles. The van der Waals surface area contributed by atoms with Gasteiger partial charge in [0, 0.05) is 11.8 Å². The highest BCUT2D eigenvalue weighted by Crippen LogP contribution is 2.34. The van der Waals surface area contributed by atoms with Gasteiger partial charge in [0.2, 0.25) is 0 Å². The van der Waals surface area contributed by atoms with E-state index in [0.717, 1.165) is 0 Å². The summed E-state index contributed by atoms with van der Waals surface area (Å²) in [5.74, 6) is 0.943. The molecular formula is C14H13BrN2O3. The predicted molar refractivity (Wildman–Crippen MR) is 80.1 cm³/mol. The maximum Gasteiger partial charge on any atom is 0.252 e. The second-order valence-electron chi connectivity index (χ2n) is 4.02. The summed E-state index contributed by atoms with van der Waals surface area (Å²) in [4.78, 5) is 11.4. The Hall–Kier alpha value is -2.21. The van der Waals surface area contributed by atoms with Crippen molar-refractivity contribution < 1.29 is 14.3 Å². The molecule has 0 radical (unpaired) electrons. The van der Waals surface area contributed by atoms with Crippen molar-refractivity contribution in [3.63, 3.8) is 0 Å². The Labute approximate surface area is 124 Å². The van der Waals surface area contributed by atoms with Crippen molar-refractivity contribution in [3.8, 4) is 17.2 Å². The van der Waals surface area contributed by atoms with Crippen LogP contribution in [0.5, 0.6) is 17.2 Å². The van der Waals surface area contributed by atoms with Crippen molar-refractivity contribution >= 4 is 27.5 Å². The van der Waals surface area contributed by atoms with Crippen molar-refractivity contribution in [2.24, 2.45) is 5.73 Å². The van der Waals surface area contributed by atoms with E-state index in [4.69, 9.17) is 20.9 Å². The lowest BCUT2D eigenvalue weighted by Gasteiger charge is -2.12. The zero-order valence-corrected chi connectivity index (χ0v) is 12.3.